The van der Waals surface area contributed by atoms with Crippen molar-refractivity contribution in [1.82, 2.24) is 29.0 Å². The van der Waals surface area contributed by atoms with Gasteiger partial charge in [-0.1, -0.05) is 6.08 Å². The van der Waals surface area contributed by atoms with E-state index in [1.165, 1.54) is 22.4 Å². The third-order valence-corrected chi connectivity index (χ3v) is 8.60. The van der Waals surface area contributed by atoms with Crippen LogP contribution >= 0.6 is 0 Å². The van der Waals surface area contributed by atoms with Crippen molar-refractivity contribution < 1.29 is 37.0 Å². The normalized spacial score (nSPS) is 16.1. The Morgan fingerprint density at radius 3 is 2.55 bits per heavy atom. The molecule has 0 spiro atoms. The molecule has 0 unspecified atom stereocenters. The second-order valence-corrected chi connectivity index (χ2v) is 11.6. The van der Waals surface area contributed by atoms with Crippen molar-refractivity contribution in [3.05, 3.63) is 81.0 Å². The van der Waals surface area contributed by atoms with Gasteiger partial charge in [0.2, 0.25) is 12.2 Å². The van der Waals surface area contributed by atoms with E-state index >= 15 is 0 Å². The van der Waals surface area contributed by atoms with Crippen molar-refractivity contribution in [3.8, 4) is 5.75 Å². The molecular formula is C32H32F4N8O5. The number of nitrogens with one attached hydrogen (secondary N) is 1. The van der Waals surface area contributed by atoms with Gasteiger partial charge in [-0.2, -0.15) is 22.7 Å². The van der Waals surface area contributed by atoms with Crippen LogP contribution in [-0.2, 0) is 28.7 Å². The number of aryl methyl sites for hydroxylation is 2. The molecule has 13 nitrogen and oxygen atoms in total. The molecule has 6 heterocycles. The number of alkyl halides is 3. The number of carbonyl (C=O) groups excluding carboxylic acids is 2. The summed E-state index contributed by atoms with van der Waals surface area (Å²) in [7, 11) is 0. The zero-order valence-electron chi connectivity index (χ0n) is 26.3. The van der Waals surface area contributed by atoms with Gasteiger partial charge in [-0.15, -0.1) is 5.10 Å². The highest BCUT2D eigenvalue weighted by atomic mass is 19.4. The number of fused-ring (bicyclic) bond motifs is 3. The summed E-state index contributed by atoms with van der Waals surface area (Å²) in [6, 6.07) is 4.15. The number of halogens is 4. The van der Waals surface area contributed by atoms with Crippen molar-refractivity contribution in [2.24, 2.45) is 0 Å². The molecule has 0 bridgehead atoms. The van der Waals surface area contributed by atoms with E-state index in [0.29, 0.717) is 80.8 Å². The molecule has 0 atom stereocenters. The number of amides is 2. The smallest absolute Gasteiger partial charge is 0.416 e. The van der Waals surface area contributed by atoms with Crippen LogP contribution in [0.1, 0.15) is 46.0 Å². The lowest BCUT2D eigenvalue weighted by Crippen LogP contribution is -2.50. The van der Waals surface area contributed by atoms with Gasteiger partial charge in [0.05, 0.1) is 24.5 Å². The van der Waals surface area contributed by atoms with Gasteiger partial charge in [0, 0.05) is 44.6 Å². The molecule has 2 N–H and O–H groups in total. The van der Waals surface area contributed by atoms with Gasteiger partial charge in [0.25, 0.3) is 11.5 Å². The number of piperazine rings is 1. The number of pyridine rings is 1. The summed E-state index contributed by atoms with van der Waals surface area (Å²) in [6.45, 7) is 4.83. The highest BCUT2D eigenvalue weighted by Gasteiger charge is 2.32. The number of nitrogens with zero attached hydrogens (tertiary/aromatic N) is 7. The molecule has 0 saturated carbocycles. The highest BCUT2D eigenvalue weighted by Crippen LogP contribution is 2.32. The molecule has 49 heavy (non-hydrogen) atoms. The van der Waals surface area contributed by atoms with E-state index in [1.807, 2.05) is 11.0 Å². The first kappa shape index (κ1) is 33.6. The first-order valence-electron chi connectivity index (χ1n) is 15.5. The van der Waals surface area contributed by atoms with Gasteiger partial charge >= 0.3 is 6.18 Å². The molecule has 0 aliphatic carbocycles. The van der Waals surface area contributed by atoms with Crippen LogP contribution < -0.4 is 15.8 Å². The minimum atomic E-state index is -4.34. The lowest BCUT2D eigenvalue weighted by Gasteiger charge is -2.36. The van der Waals surface area contributed by atoms with E-state index in [2.05, 4.69) is 20.0 Å². The predicted molar refractivity (Wildman–Crippen MR) is 169 cm³/mol. The van der Waals surface area contributed by atoms with Crippen LogP contribution in [-0.4, -0.2) is 85.9 Å². The number of ether oxygens (including phenoxy) is 1. The second kappa shape index (κ2) is 13.7. The van der Waals surface area contributed by atoms with Crippen molar-refractivity contribution in [1.29, 1.82) is 0 Å². The molecule has 2 amide bonds. The average molecular weight is 685 g/mol. The molecule has 7 rings (SSSR count). The predicted octanol–water partition coefficient (Wildman–Crippen LogP) is 3.43. The zero-order chi connectivity index (χ0) is 34.9. The molecule has 3 aliphatic rings. The van der Waals surface area contributed by atoms with E-state index in [9.17, 15) is 37.1 Å². The van der Waals surface area contributed by atoms with Crippen LogP contribution in [0.3, 0.4) is 0 Å². The Labute approximate surface area is 276 Å². The maximum Gasteiger partial charge on any atom is 0.416 e. The number of benzene rings is 1. The molecule has 1 saturated heterocycles. The fourth-order valence-electron chi connectivity index (χ4n) is 6.10. The first-order chi connectivity index (χ1) is 23.5. The molecular weight excluding hydrogens is 652 g/mol. The Morgan fingerprint density at radius 1 is 1.10 bits per heavy atom. The lowest BCUT2D eigenvalue weighted by molar-refractivity contribution is -0.137. The van der Waals surface area contributed by atoms with Crippen LogP contribution in [0, 0.1) is 12.7 Å². The topological polar surface area (TPSA) is 147 Å². The summed E-state index contributed by atoms with van der Waals surface area (Å²) in [4.78, 5) is 48.5. The van der Waals surface area contributed by atoms with Gasteiger partial charge in [0.15, 0.2) is 23.1 Å². The van der Waals surface area contributed by atoms with Gasteiger partial charge < -0.3 is 29.5 Å². The van der Waals surface area contributed by atoms with Gasteiger partial charge in [-0.3, -0.25) is 14.4 Å². The molecule has 0 radical (unpaired) electrons. The summed E-state index contributed by atoms with van der Waals surface area (Å²) >= 11 is 0. The van der Waals surface area contributed by atoms with Crippen LogP contribution in [0.5, 0.6) is 5.75 Å². The van der Waals surface area contributed by atoms with Gasteiger partial charge in [-0.25, -0.2) is 9.37 Å². The van der Waals surface area contributed by atoms with E-state index < -0.39 is 29.2 Å². The molecule has 3 aliphatic heterocycles. The number of anilines is 2. The fraction of sp³-hybridized carbons (Fsp3) is 0.375. The molecule has 258 valence electrons. The fourth-order valence-corrected chi connectivity index (χ4v) is 6.10. The molecule has 4 aromatic rings. The molecule has 1 fully saturated rings. The van der Waals surface area contributed by atoms with Crippen LogP contribution in [0.4, 0.5) is 28.9 Å². The number of aromatic nitrogens is 5. The largest absolute Gasteiger partial charge is 0.503 e. The Kier molecular flexibility index (Phi) is 9.36. The quantitative estimate of drug-likeness (QED) is 0.239. The lowest BCUT2D eigenvalue weighted by atomic mass is 10.1. The Bertz CT molecular complexity index is 2000. The number of carbonyl (C=O) groups is 2. The van der Waals surface area contributed by atoms with Crippen LogP contribution in [0.2, 0.25) is 0 Å². The molecule has 1 aromatic carbocycles. The molecule has 17 heteroatoms. The Hall–Kier alpha value is -5.32. The van der Waals surface area contributed by atoms with E-state index in [-0.39, 0.29) is 11.3 Å². The van der Waals surface area contributed by atoms with Crippen molar-refractivity contribution in [3.63, 3.8) is 0 Å². The third-order valence-electron chi connectivity index (χ3n) is 8.60. The summed E-state index contributed by atoms with van der Waals surface area (Å²) in [5, 5.41) is 16.8. The average Bonchev–Trinajstić information content (AvgIpc) is 3.76. The number of hydrogen-bond donors (Lipinski definition) is 2. The second-order valence-electron chi connectivity index (χ2n) is 11.6. The van der Waals surface area contributed by atoms with Crippen molar-refractivity contribution in [2.75, 3.05) is 49.6 Å². The summed E-state index contributed by atoms with van der Waals surface area (Å²) in [6.07, 6.45) is 1.57. The standard InChI is InChI=1S/C23H24FN7O4.C9H8F3NO/c24-15-3-6-25-17(19(15)32)21(33)29-10-8-28(9-11-29)18-16-2-1-7-30(16)23-26-20(27-31(23)22(18)34)14-4-12-35-13-5-14;1-6-4-7(9(10,11)12)2-3-8(6)13-5-14/h3-4,6,32H,1-2,5,7-13H2;2-5H,1H3,(H,13,14). The summed E-state index contributed by atoms with van der Waals surface area (Å²) in [5.41, 5.74) is 2.03. The van der Waals surface area contributed by atoms with E-state index in [1.54, 1.807) is 0 Å². The van der Waals surface area contributed by atoms with Crippen molar-refractivity contribution >= 4 is 35.0 Å². The number of aromatic hydroxyl groups is 1. The van der Waals surface area contributed by atoms with E-state index in [4.69, 9.17) is 9.72 Å². The number of hydrogen-bond acceptors (Lipinski definition) is 9. The number of rotatable bonds is 5. The maximum absolute atomic E-state index is 13.7. The molecule has 3 aromatic heterocycles. The monoisotopic (exact) mass is 684 g/mol. The minimum Gasteiger partial charge on any atom is -0.503 e. The Balaban J connectivity index is 0.000000251. The van der Waals surface area contributed by atoms with Crippen LogP contribution in [0.25, 0.3) is 11.4 Å². The van der Waals surface area contributed by atoms with Crippen molar-refractivity contribution in [2.45, 2.75) is 38.9 Å². The Morgan fingerprint density at radius 2 is 1.88 bits per heavy atom. The van der Waals surface area contributed by atoms with Gasteiger partial charge in [0.1, 0.15) is 5.69 Å². The maximum atomic E-state index is 13.7. The highest BCUT2D eigenvalue weighted by molar-refractivity contribution is 5.95. The zero-order valence-corrected chi connectivity index (χ0v) is 26.3. The van der Waals surface area contributed by atoms with Crippen LogP contribution in [0.15, 0.2) is 41.3 Å². The van der Waals surface area contributed by atoms with E-state index in [0.717, 1.165) is 55.0 Å². The first-order valence-corrected chi connectivity index (χ1v) is 15.5. The minimum absolute atomic E-state index is 0.219. The summed E-state index contributed by atoms with van der Waals surface area (Å²) in [5.74, 6) is -1.06. The SMILES string of the molecule is Cc1cc(C(F)(F)F)ccc1NC=O.O=C(c1nccc(F)c1O)N1CCN(c2c3n(c4nc(C5=CCOCC5)nn4c2=O)CCC3)CC1. The van der Waals surface area contributed by atoms with Gasteiger partial charge in [-0.05, 0) is 61.6 Å². The third kappa shape index (κ3) is 6.70. The summed E-state index contributed by atoms with van der Waals surface area (Å²) < 4.78 is 59.1.